The number of hydrogen-bond donors (Lipinski definition) is 1. The number of hydrogen-bond acceptors (Lipinski definition) is 3. The normalized spacial score (nSPS) is 11.6. The van der Waals surface area contributed by atoms with E-state index >= 15 is 0 Å². The number of nitrogens with one attached hydrogen (secondary N) is 1. The number of sulfonamides is 1. The Labute approximate surface area is 129 Å². The molecule has 0 unspecified atom stereocenters. The van der Waals surface area contributed by atoms with Crippen LogP contribution in [-0.2, 0) is 10.0 Å². The summed E-state index contributed by atoms with van der Waals surface area (Å²) in [5, 5.41) is 0.492. The lowest BCUT2D eigenvalue weighted by Crippen LogP contribution is -2.12. The van der Waals surface area contributed by atoms with E-state index in [1.807, 2.05) is 13.8 Å². The highest BCUT2D eigenvalue weighted by Crippen LogP contribution is 2.32. The van der Waals surface area contributed by atoms with Gasteiger partial charge in [0.1, 0.15) is 4.21 Å². The summed E-state index contributed by atoms with van der Waals surface area (Å²) in [4.78, 5) is 0. The van der Waals surface area contributed by atoms with Gasteiger partial charge in [-0.2, -0.15) is 0 Å². The van der Waals surface area contributed by atoms with Gasteiger partial charge in [-0.05, 0) is 59.1 Å². The van der Waals surface area contributed by atoms with Gasteiger partial charge in [0.25, 0.3) is 10.0 Å². The van der Waals surface area contributed by atoms with Crippen LogP contribution in [0.15, 0.2) is 32.3 Å². The number of thiophene rings is 1. The maximum absolute atomic E-state index is 12.3. The lowest BCUT2D eigenvalue weighted by Gasteiger charge is -2.09. The molecule has 0 aliphatic carbocycles. The SMILES string of the molecule is Cc1ccc(Cl)cc1NS(=O)(=O)c1cc(C)c(Br)s1. The summed E-state index contributed by atoms with van der Waals surface area (Å²) in [6.07, 6.45) is 0. The van der Waals surface area contributed by atoms with E-state index in [0.29, 0.717) is 10.7 Å². The van der Waals surface area contributed by atoms with E-state index in [4.69, 9.17) is 11.6 Å². The van der Waals surface area contributed by atoms with Crippen LogP contribution in [0.1, 0.15) is 11.1 Å². The zero-order chi connectivity index (χ0) is 14.2. The second-order valence-electron chi connectivity index (χ2n) is 4.09. The van der Waals surface area contributed by atoms with Crippen molar-refractivity contribution < 1.29 is 8.42 Å². The van der Waals surface area contributed by atoms with Crippen LogP contribution in [0.25, 0.3) is 0 Å². The molecule has 2 aromatic rings. The van der Waals surface area contributed by atoms with Gasteiger partial charge in [0.2, 0.25) is 0 Å². The third-order valence-electron chi connectivity index (χ3n) is 2.54. The van der Waals surface area contributed by atoms with Crippen LogP contribution in [0, 0.1) is 13.8 Å². The monoisotopic (exact) mass is 379 g/mol. The number of anilines is 1. The summed E-state index contributed by atoms with van der Waals surface area (Å²) in [6, 6.07) is 6.73. The Kier molecular flexibility index (Phi) is 4.25. The summed E-state index contributed by atoms with van der Waals surface area (Å²) in [7, 11) is -3.57. The van der Waals surface area contributed by atoms with Gasteiger partial charge in [0.15, 0.2) is 0 Å². The second-order valence-corrected chi connectivity index (χ2v) is 8.80. The Morgan fingerprint density at radius 2 is 1.89 bits per heavy atom. The minimum atomic E-state index is -3.57. The molecule has 2 rings (SSSR count). The Balaban J connectivity index is 2.39. The predicted molar refractivity (Wildman–Crippen MR) is 83.8 cm³/mol. The number of benzene rings is 1. The van der Waals surface area contributed by atoms with Crippen LogP contribution in [-0.4, -0.2) is 8.42 Å². The molecule has 0 fully saturated rings. The minimum absolute atomic E-state index is 0.274. The molecule has 19 heavy (non-hydrogen) atoms. The van der Waals surface area contributed by atoms with Crippen LogP contribution in [0.5, 0.6) is 0 Å². The van der Waals surface area contributed by atoms with Gasteiger partial charge in [-0.1, -0.05) is 17.7 Å². The molecule has 0 bridgehead atoms. The van der Waals surface area contributed by atoms with Gasteiger partial charge in [0.05, 0.1) is 9.47 Å². The van der Waals surface area contributed by atoms with Crippen LogP contribution < -0.4 is 4.72 Å². The Bertz CT molecular complexity index is 706. The first-order valence-corrected chi connectivity index (χ1v) is 8.81. The smallest absolute Gasteiger partial charge is 0.271 e. The van der Waals surface area contributed by atoms with Crippen LogP contribution in [0.2, 0.25) is 5.02 Å². The molecule has 102 valence electrons. The van der Waals surface area contributed by atoms with Crippen molar-refractivity contribution in [3.8, 4) is 0 Å². The molecule has 0 radical (unpaired) electrons. The molecule has 0 amide bonds. The fourth-order valence-corrected chi connectivity index (χ4v) is 4.98. The maximum atomic E-state index is 12.3. The van der Waals surface area contributed by atoms with Crippen LogP contribution in [0.3, 0.4) is 0 Å². The summed E-state index contributed by atoms with van der Waals surface area (Å²) < 4.78 is 28.2. The topological polar surface area (TPSA) is 46.2 Å². The first-order chi connectivity index (χ1) is 8.79. The van der Waals surface area contributed by atoms with Crippen molar-refractivity contribution in [1.29, 1.82) is 0 Å². The molecule has 1 heterocycles. The minimum Gasteiger partial charge on any atom is -0.279 e. The standard InChI is InChI=1S/C12H11BrClNO2S2/c1-7-3-4-9(14)6-10(7)15-19(16,17)11-5-8(2)12(13)18-11/h3-6,15H,1-2H3. The summed E-state index contributed by atoms with van der Waals surface area (Å²) in [5.41, 5.74) is 2.21. The highest BCUT2D eigenvalue weighted by Gasteiger charge is 2.19. The quantitative estimate of drug-likeness (QED) is 0.847. The zero-order valence-corrected chi connectivity index (χ0v) is 14.2. The average Bonchev–Trinajstić information content (AvgIpc) is 2.65. The van der Waals surface area contributed by atoms with Gasteiger partial charge in [0, 0.05) is 5.02 Å². The van der Waals surface area contributed by atoms with Crippen molar-refractivity contribution in [3.05, 3.63) is 44.2 Å². The molecule has 3 nitrogen and oxygen atoms in total. The largest absolute Gasteiger partial charge is 0.279 e. The summed E-state index contributed by atoms with van der Waals surface area (Å²) >= 11 is 10.4. The van der Waals surface area contributed by atoms with E-state index in [-0.39, 0.29) is 4.21 Å². The van der Waals surface area contributed by atoms with Crippen molar-refractivity contribution in [3.63, 3.8) is 0 Å². The number of aryl methyl sites for hydroxylation is 2. The molecular weight excluding hydrogens is 370 g/mol. The van der Waals surface area contributed by atoms with E-state index in [1.165, 1.54) is 11.3 Å². The summed E-state index contributed by atoms with van der Waals surface area (Å²) in [5.74, 6) is 0. The molecular formula is C12H11BrClNO2S2. The van der Waals surface area contributed by atoms with Gasteiger partial charge < -0.3 is 0 Å². The first kappa shape index (κ1) is 14.8. The molecule has 0 aliphatic rings. The maximum Gasteiger partial charge on any atom is 0.271 e. The lowest BCUT2D eigenvalue weighted by atomic mass is 10.2. The molecule has 0 saturated heterocycles. The van der Waals surface area contributed by atoms with Crippen molar-refractivity contribution in [2.24, 2.45) is 0 Å². The van der Waals surface area contributed by atoms with E-state index in [9.17, 15) is 8.42 Å². The van der Waals surface area contributed by atoms with E-state index in [2.05, 4.69) is 20.7 Å². The molecule has 0 spiro atoms. The molecule has 1 N–H and O–H groups in total. The molecule has 0 atom stereocenters. The number of rotatable bonds is 3. The second kappa shape index (κ2) is 5.44. The first-order valence-electron chi connectivity index (χ1n) is 5.34. The molecule has 7 heteroatoms. The summed E-state index contributed by atoms with van der Waals surface area (Å²) in [6.45, 7) is 3.67. The molecule has 0 saturated carbocycles. The van der Waals surface area contributed by atoms with Crippen molar-refractivity contribution >= 4 is 54.6 Å². The van der Waals surface area contributed by atoms with Crippen LogP contribution in [0.4, 0.5) is 5.69 Å². The van der Waals surface area contributed by atoms with Crippen molar-refractivity contribution in [1.82, 2.24) is 0 Å². The Hall–Kier alpha value is -0.560. The average molecular weight is 381 g/mol. The van der Waals surface area contributed by atoms with Gasteiger partial charge >= 0.3 is 0 Å². The van der Waals surface area contributed by atoms with Crippen LogP contribution >= 0.6 is 38.9 Å². The van der Waals surface area contributed by atoms with E-state index in [0.717, 1.165) is 14.9 Å². The van der Waals surface area contributed by atoms with E-state index in [1.54, 1.807) is 24.3 Å². The lowest BCUT2D eigenvalue weighted by molar-refractivity contribution is 0.603. The fraction of sp³-hybridized carbons (Fsp3) is 0.167. The highest BCUT2D eigenvalue weighted by atomic mass is 79.9. The van der Waals surface area contributed by atoms with Crippen molar-refractivity contribution in [2.75, 3.05) is 4.72 Å². The van der Waals surface area contributed by atoms with Gasteiger partial charge in [-0.25, -0.2) is 8.42 Å². The van der Waals surface area contributed by atoms with Gasteiger partial charge in [-0.15, -0.1) is 11.3 Å². The predicted octanol–water partition coefficient (Wildman–Crippen LogP) is 4.58. The van der Waals surface area contributed by atoms with Gasteiger partial charge in [-0.3, -0.25) is 4.72 Å². The molecule has 0 aliphatic heterocycles. The highest BCUT2D eigenvalue weighted by molar-refractivity contribution is 9.11. The molecule has 1 aromatic carbocycles. The Morgan fingerprint density at radius 1 is 1.21 bits per heavy atom. The van der Waals surface area contributed by atoms with Crippen molar-refractivity contribution in [2.45, 2.75) is 18.1 Å². The zero-order valence-electron chi connectivity index (χ0n) is 10.2. The fourth-order valence-electron chi connectivity index (χ4n) is 1.46. The molecule has 1 aromatic heterocycles. The third-order valence-corrected chi connectivity index (χ3v) is 6.75. The van der Waals surface area contributed by atoms with E-state index < -0.39 is 10.0 Å². The number of halogens is 2. The third kappa shape index (κ3) is 3.31. The Morgan fingerprint density at radius 3 is 2.47 bits per heavy atom.